The number of methoxy groups -OCH3 is 1. The first-order valence-corrected chi connectivity index (χ1v) is 6.92. The molecule has 22 heavy (non-hydrogen) atoms. The van der Waals surface area contributed by atoms with Crippen LogP contribution in [0.3, 0.4) is 0 Å². The van der Waals surface area contributed by atoms with Crippen molar-refractivity contribution in [2.45, 2.75) is 6.61 Å². The Bertz CT molecular complexity index is 809. The van der Waals surface area contributed by atoms with Gasteiger partial charge in [-0.1, -0.05) is 36.4 Å². The third-order valence-corrected chi connectivity index (χ3v) is 3.40. The molecule has 4 heteroatoms. The molecule has 0 atom stereocenters. The third kappa shape index (κ3) is 2.76. The predicted octanol–water partition coefficient (Wildman–Crippen LogP) is 3.60. The second-order valence-corrected chi connectivity index (χ2v) is 4.77. The normalized spacial score (nSPS) is 10.4. The lowest BCUT2D eigenvalue weighted by molar-refractivity contribution is 0.0470. The lowest BCUT2D eigenvalue weighted by atomic mass is 10.1. The van der Waals surface area contributed by atoms with Crippen LogP contribution in [0.1, 0.15) is 15.9 Å². The van der Waals surface area contributed by atoms with Crippen LogP contribution in [-0.4, -0.2) is 18.1 Å². The van der Waals surface area contributed by atoms with Crippen LogP contribution in [0.25, 0.3) is 10.9 Å². The second-order valence-electron chi connectivity index (χ2n) is 4.77. The Hall–Kier alpha value is -2.88. The summed E-state index contributed by atoms with van der Waals surface area (Å²) in [5.74, 6) is 0.0916. The number of nitrogens with zero attached hydrogens (tertiary/aromatic N) is 1. The zero-order valence-corrected chi connectivity index (χ0v) is 12.2. The third-order valence-electron chi connectivity index (χ3n) is 3.40. The van der Waals surface area contributed by atoms with Gasteiger partial charge in [0.25, 0.3) is 0 Å². The SMILES string of the molecule is COc1ccccc1C(=O)OCc1cccc2cccnc12. The standard InChI is InChI=1S/C18H15NO3/c1-21-16-10-3-2-9-15(16)18(20)22-12-14-7-4-6-13-8-5-11-19-17(13)14/h2-11H,12H2,1H3. The molecule has 0 unspecified atom stereocenters. The van der Waals surface area contributed by atoms with Gasteiger partial charge in [0.2, 0.25) is 0 Å². The highest BCUT2D eigenvalue weighted by molar-refractivity contribution is 5.92. The average Bonchev–Trinajstić information content (AvgIpc) is 2.59. The summed E-state index contributed by atoms with van der Waals surface area (Å²) in [5.41, 5.74) is 2.14. The van der Waals surface area contributed by atoms with Crippen molar-refractivity contribution in [3.8, 4) is 5.75 Å². The Labute approximate surface area is 128 Å². The Balaban J connectivity index is 1.81. The van der Waals surface area contributed by atoms with Crippen LogP contribution in [0.15, 0.2) is 60.8 Å². The molecule has 3 rings (SSSR count). The van der Waals surface area contributed by atoms with Crippen LogP contribution in [0.5, 0.6) is 5.75 Å². The molecule has 0 N–H and O–H groups in total. The summed E-state index contributed by atoms with van der Waals surface area (Å²) in [5, 5.41) is 1.02. The quantitative estimate of drug-likeness (QED) is 0.690. The number of esters is 1. The minimum Gasteiger partial charge on any atom is -0.496 e. The molecule has 1 heterocycles. The average molecular weight is 293 g/mol. The summed E-state index contributed by atoms with van der Waals surface area (Å²) in [7, 11) is 1.53. The zero-order chi connectivity index (χ0) is 15.4. The van der Waals surface area contributed by atoms with Gasteiger partial charge in [0.15, 0.2) is 0 Å². The van der Waals surface area contributed by atoms with Crippen molar-refractivity contribution in [2.75, 3.05) is 7.11 Å². The van der Waals surface area contributed by atoms with Gasteiger partial charge in [-0.05, 0) is 18.2 Å². The van der Waals surface area contributed by atoms with E-state index in [9.17, 15) is 4.79 Å². The summed E-state index contributed by atoms with van der Waals surface area (Å²) in [6, 6.07) is 16.7. The lowest BCUT2D eigenvalue weighted by Gasteiger charge is -2.09. The second kappa shape index (κ2) is 6.26. The van der Waals surface area contributed by atoms with Crippen molar-refractivity contribution in [1.82, 2.24) is 4.98 Å². The van der Waals surface area contributed by atoms with Crippen molar-refractivity contribution < 1.29 is 14.3 Å². The molecule has 0 aliphatic carbocycles. The Morgan fingerprint density at radius 1 is 1.05 bits per heavy atom. The smallest absolute Gasteiger partial charge is 0.342 e. The van der Waals surface area contributed by atoms with E-state index in [1.54, 1.807) is 24.4 Å². The fourth-order valence-corrected chi connectivity index (χ4v) is 2.32. The van der Waals surface area contributed by atoms with Gasteiger partial charge >= 0.3 is 5.97 Å². The first-order chi connectivity index (χ1) is 10.8. The monoisotopic (exact) mass is 293 g/mol. The van der Waals surface area contributed by atoms with Gasteiger partial charge < -0.3 is 9.47 Å². The molecular formula is C18H15NO3. The number of carbonyl (C=O) groups is 1. The summed E-state index contributed by atoms with van der Waals surface area (Å²) in [6.07, 6.45) is 1.73. The molecule has 0 saturated carbocycles. The molecular weight excluding hydrogens is 278 g/mol. The minimum absolute atomic E-state index is 0.172. The van der Waals surface area contributed by atoms with Crippen molar-refractivity contribution in [1.29, 1.82) is 0 Å². The number of rotatable bonds is 4. The number of para-hydroxylation sites is 2. The molecule has 2 aromatic carbocycles. The van der Waals surface area contributed by atoms with E-state index in [2.05, 4.69) is 4.98 Å². The number of benzene rings is 2. The molecule has 0 bridgehead atoms. The van der Waals surface area contributed by atoms with E-state index in [0.717, 1.165) is 16.5 Å². The molecule has 0 spiro atoms. The highest BCUT2D eigenvalue weighted by atomic mass is 16.5. The van der Waals surface area contributed by atoms with E-state index in [4.69, 9.17) is 9.47 Å². The van der Waals surface area contributed by atoms with Gasteiger partial charge in [-0.25, -0.2) is 4.79 Å². The van der Waals surface area contributed by atoms with Crippen LogP contribution in [0, 0.1) is 0 Å². The molecule has 0 aliphatic heterocycles. The number of fused-ring (bicyclic) bond motifs is 1. The van der Waals surface area contributed by atoms with E-state index < -0.39 is 5.97 Å². The number of carbonyl (C=O) groups excluding carboxylic acids is 1. The highest BCUT2D eigenvalue weighted by Gasteiger charge is 2.13. The summed E-state index contributed by atoms with van der Waals surface area (Å²) in [6.45, 7) is 0.172. The van der Waals surface area contributed by atoms with E-state index in [1.165, 1.54) is 7.11 Å². The zero-order valence-electron chi connectivity index (χ0n) is 12.2. The van der Waals surface area contributed by atoms with Crippen LogP contribution < -0.4 is 4.74 Å². The van der Waals surface area contributed by atoms with E-state index in [1.807, 2.05) is 36.4 Å². The first-order valence-electron chi connectivity index (χ1n) is 6.92. The molecule has 1 aromatic heterocycles. The topological polar surface area (TPSA) is 48.4 Å². The van der Waals surface area contributed by atoms with E-state index in [-0.39, 0.29) is 6.61 Å². The molecule has 110 valence electrons. The van der Waals surface area contributed by atoms with Gasteiger partial charge in [-0.2, -0.15) is 0 Å². The fourth-order valence-electron chi connectivity index (χ4n) is 2.32. The van der Waals surface area contributed by atoms with Gasteiger partial charge in [0.1, 0.15) is 17.9 Å². The van der Waals surface area contributed by atoms with Gasteiger partial charge in [0, 0.05) is 17.1 Å². The van der Waals surface area contributed by atoms with Crippen molar-refractivity contribution in [3.05, 3.63) is 71.9 Å². The lowest BCUT2D eigenvalue weighted by Crippen LogP contribution is -2.07. The van der Waals surface area contributed by atoms with Gasteiger partial charge in [-0.15, -0.1) is 0 Å². The molecule has 0 aliphatic rings. The van der Waals surface area contributed by atoms with Gasteiger partial charge in [0.05, 0.1) is 12.6 Å². The summed E-state index contributed by atoms with van der Waals surface area (Å²) in [4.78, 5) is 16.6. The van der Waals surface area contributed by atoms with Crippen molar-refractivity contribution in [2.24, 2.45) is 0 Å². The van der Waals surface area contributed by atoms with E-state index in [0.29, 0.717) is 11.3 Å². The minimum atomic E-state index is -0.412. The fraction of sp³-hybridized carbons (Fsp3) is 0.111. The highest BCUT2D eigenvalue weighted by Crippen LogP contribution is 2.20. The van der Waals surface area contributed by atoms with Crippen LogP contribution in [0.2, 0.25) is 0 Å². The summed E-state index contributed by atoms with van der Waals surface area (Å²) >= 11 is 0. The number of pyridine rings is 1. The molecule has 0 saturated heterocycles. The Kier molecular flexibility index (Phi) is 4.01. The maximum atomic E-state index is 12.2. The van der Waals surface area contributed by atoms with Crippen molar-refractivity contribution in [3.63, 3.8) is 0 Å². The van der Waals surface area contributed by atoms with E-state index >= 15 is 0 Å². The van der Waals surface area contributed by atoms with Crippen LogP contribution in [-0.2, 0) is 11.3 Å². The van der Waals surface area contributed by atoms with Crippen LogP contribution >= 0.6 is 0 Å². The van der Waals surface area contributed by atoms with Gasteiger partial charge in [-0.3, -0.25) is 4.98 Å². The molecule has 0 fully saturated rings. The largest absolute Gasteiger partial charge is 0.496 e. The maximum absolute atomic E-state index is 12.2. The molecule has 4 nitrogen and oxygen atoms in total. The number of hydrogen-bond donors (Lipinski definition) is 0. The number of ether oxygens (including phenoxy) is 2. The Morgan fingerprint density at radius 3 is 2.73 bits per heavy atom. The van der Waals surface area contributed by atoms with Crippen molar-refractivity contribution >= 4 is 16.9 Å². The molecule has 0 radical (unpaired) electrons. The predicted molar refractivity (Wildman–Crippen MR) is 83.9 cm³/mol. The number of aromatic nitrogens is 1. The molecule has 3 aromatic rings. The first kappa shape index (κ1) is 14.1. The molecule has 0 amide bonds. The summed E-state index contributed by atoms with van der Waals surface area (Å²) < 4.78 is 10.6. The number of hydrogen-bond acceptors (Lipinski definition) is 4. The Morgan fingerprint density at radius 2 is 1.86 bits per heavy atom. The van der Waals surface area contributed by atoms with Crippen LogP contribution in [0.4, 0.5) is 0 Å². The maximum Gasteiger partial charge on any atom is 0.342 e.